The third-order valence-corrected chi connectivity index (χ3v) is 2.05. The van der Waals surface area contributed by atoms with Crippen molar-refractivity contribution in [2.45, 2.75) is 20.3 Å². The predicted molar refractivity (Wildman–Crippen MR) is 56.4 cm³/mol. The molecule has 0 saturated carbocycles. The van der Waals surface area contributed by atoms with Crippen LogP contribution in [0.25, 0.3) is 0 Å². The lowest BCUT2D eigenvalue weighted by Gasteiger charge is -2.10. The van der Waals surface area contributed by atoms with E-state index in [1.165, 1.54) is 6.07 Å². The molecule has 0 aliphatic rings. The Morgan fingerprint density at radius 2 is 2.14 bits per heavy atom. The van der Waals surface area contributed by atoms with E-state index in [-0.39, 0.29) is 5.56 Å². The van der Waals surface area contributed by atoms with E-state index >= 15 is 0 Å². The Kier molecular flexibility index (Phi) is 3.12. The molecule has 1 rings (SSSR count). The number of hydrogen-bond acceptors (Lipinski definition) is 2. The van der Waals surface area contributed by atoms with Crippen LogP contribution in [-0.2, 0) is 6.42 Å². The highest BCUT2D eigenvalue weighted by atomic mass is 16.4. The zero-order valence-corrected chi connectivity index (χ0v) is 8.45. The molecule has 0 aliphatic heterocycles. The first kappa shape index (κ1) is 10.6. The lowest BCUT2D eigenvalue weighted by molar-refractivity contribution is 0.0698. The molecule has 3 heteroatoms. The first-order valence-electron chi connectivity index (χ1n) is 4.63. The number of aromatic carboxylic acids is 1. The van der Waals surface area contributed by atoms with Crippen LogP contribution in [0.4, 0.5) is 5.69 Å². The summed E-state index contributed by atoms with van der Waals surface area (Å²) >= 11 is 0. The molecular formula is C11H15NO2. The van der Waals surface area contributed by atoms with Crippen molar-refractivity contribution in [2.75, 3.05) is 5.73 Å². The van der Waals surface area contributed by atoms with E-state index in [0.717, 1.165) is 12.0 Å². The lowest BCUT2D eigenvalue weighted by Crippen LogP contribution is -2.07. The third-order valence-electron chi connectivity index (χ3n) is 2.05. The van der Waals surface area contributed by atoms with Crippen molar-refractivity contribution in [1.29, 1.82) is 0 Å². The van der Waals surface area contributed by atoms with Gasteiger partial charge in [0.15, 0.2) is 0 Å². The SMILES string of the molecule is CC(C)Cc1cccc(C(=O)O)c1N. The zero-order chi connectivity index (χ0) is 10.7. The lowest BCUT2D eigenvalue weighted by atomic mass is 9.99. The molecule has 0 fully saturated rings. The van der Waals surface area contributed by atoms with Crippen LogP contribution in [0.2, 0.25) is 0 Å². The number of carboxylic acids is 1. The monoisotopic (exact) mass is 193 g/mol. The number of para-hydroxylation sites is 1. The zero-order valence-electron chi connectivity index (χ0n) is 8.45. The van der Waals surface area contributed by atoms with E-state index in [1.807, 2.05) is 6.07 Å². The second-order valence-electron chi connectivity index (χ2n) is 3.78. The number of carboxylic acid groups (broad SMARTS) is 1. The molecule has 0 heterocycles. The minimum atomic E-state index is -0.965. The molecule has 0 aliphatic carbocycles. The number of anilines is 1. The van der Waals surface area contributed by atoms with Gasteiger partial charge in [0, 0.05) is 5.69 Å². The highest BCUT2D eigenvalue weighted by Gasteiger charge is 2.11. The standard InChI is InChI=1S/C11H15NO2/c1-7(2)6-8-4-3-5-9(10(8)12)11(13)14/h3-5,7H,6,12H2,1-2H3,(H,13,14). The van der Waals surface area contributed by atoms with Crippen molar-refractivity contribution >= 4 is 11.7 Å². The van der Waals surface area contributed by atoms with Gasteiger partial charge in [0.25, 0.3) is 0 Å². The molecule has 0 amide bonds. The minimum absolute atomic E-state index is 0.197. The summed E-state index contributed by atoms with van der Waals surface area (Å²) in [5.41, 5.74) is 7.26. The van der Waals surface area contributed by atoms with Crippen molar-refractivity contribution in [1.82, 2.24) is 0 Å². The van der Waals surface area contributed by atoms with Gasteiger partial charge < -0.3 is 10.8 Å². The van der Waals surface area contributed by atoms with Crippen molar-refractivity contribution in [3.05, 3.63) is 29.3 Å². The summed E-state index contributed by atoms with van der Waals surface area (Å²) < 4.78 is 0. The Hall–Kier alpha value is -1.51. The average Bonchev–Trinajstić information content (AvgIpc) is 2.07. The van der Waals surface area contributed by atoms with Crippen LogP contribution >= 0.6 is 0 Å². The van der Waals surface area contributed by atoms with E-state index in [9.17, 15) is 4.79 Å². The molecular weight excluding hydrogens is 178 g/mol. The summed E-state index contributed by atoms with van der Waals surface area (Å²) in [5.74, 6) is -0.491. The van der Waals surface area contributed by atoms with Crippen LogP contribution in [0, 0.1) is 5.92 Å². The first-order chi connectivity index (χ1) is 6.52. The van der Waals surface area contributed by atoms with E-state index < -0.39 is 5.97 Å². The Morgan fingerprint density at radius 1 is 1.50 bits per heavy atom. The summed E-state index contributed by atoms with van der Waals surface area (Å²) in [6.07, 6.45) is 0.812. The topological polar surface area (TPSA) is 63.3 Å². The molecule has 0 radical (unpaired) electrons. The summed E-state index contributed by atoms with van der Waals surface area (Å²) in [7, 11) is 0. The Bertz CT molecular complexity index is 345. The van der Waals surface area contributed by atoms with Crippen LogP contribution in [0.15, 0.2) is 18.2 Å². The van der Waals surface area contributed by atoms with Crippen LogP contribution in [0.5, 0.6) is 0 Å². The molecule has 0 saturated heterocycles. The van der Waals surface area contributed by atoms with Crippen molar-refractivity contribution in [3.63, 3.8) is 0 Å². The molecule has 0 atom stereocenters. The van der Waals surface area contributed by atoms with E-state index in [0.29, 0.717) is 11.6 Å². The number of nitrogen functional groups attached to an aromatic ring is 1. The Morgan fingerprint density at radius 3 is 2.64 bits per heavy atom. The van der Waals surface area contributed by atoms with Crippen molar-refractivity contribution in [3.8, 4) is 0 Å². The van der Waals surface area contributed by atoms with Gasteiger partial charge >= 0.3 is 5.97 Å². The molecule has 1 aromatic carbocycles. The molecule has 3 N–H and O–H groups in total. The van der Waals surface area contributed by atoms with Gasteiger partial charge in [-0.25, -0.2) is 4.79 Å². The van der Waals surface area contributed by atoms with Gasteiger partial charge in [0.05, 0.1) is 5.56 Å². The summed E-state index contributed by atoms with van der Waals surface area (Å²) in [6.45, 7) is 4.15. The maximum absolute atomic E-state index is 10.8. The highest BCUT2D eigenvalue weighted by molar-refractivity contribution is 5.94. The summed E-state index contributed by atoms with van der Waals surface area (Å²) in [4.78, 5) is 10.8. The molecule has 0 unspecified atom stereocenters. The number of carbonyl (C=O) groups is 1. The summed E-state index contributed by atoms with van der Waals surface area (Å²) in [5, 5.41) is 8.84. The van der Waals surface area contributed by atoms with Gasteiger partial charge in [0.1, 0.15) is 0 Å². The maximum atomic E-state index is 10.8. The van der Waals surface area contributed by atoms with Gasteiger partial charge in [-0.05, 0) is 24.0 Å². The van der Waals surface area contributed by atoms with Gasteiger partial charge in [-0.1, -0.05) is 26.0 Å². The second-order valence-corrected chi connectivity index (χ2v) is 3.78. The van der Waals surface area contributed by atoms with Crippen LogP contribution in [0.3, 0.4) is 0 Å². The number of hydrogen-bond donors (Lipinski definition) is 2. The molecule has 1 aromatic rings. The van der Waals surface area contributed by atoms with Crippen LogP contribution in [-0.4, -0.2) is 11.1 Å². The molecule has 0 bridgehead atoms. The minimum Gasteiger partial charge on any atom is -0.478 e. The quantitative estimate of drug-likeness (QED) is 0.723. The first-order valence-corrected chi connectivity index (χ1v) is 4.63. The average molecular weight is 193 g/mol. The smallest absolute Gasteiger partial charge is 0.337 e. The predicted octanol–water partition coefficient (Wildman–Crippen LogP) is 2.17. The van der Waals surface area contributed by atoms with E-state index in [2.05, 4.69) is 13.8 Å². The number of nitrogens with two attached hydrogens (primary N) is 1. The second kappa shape index (κ2) is 4.13. The molecule has 76 valence electrons. The molecule has 0 spiro atoms. The summed E-state index contributed by atoms with van der Waals surface area (Å²) in [6, 6.07) is 5.14. The van der Waals surface area contributed by atoms with E-state index in [4.69, 9.17) is 10.8 Å². The fourth-order valence-electron chi connectivity index (χ4n) is 1.42. The molecule has 0 aromatic heterocycles. The van der Waals surface area contributed by atoms with Crippen molar-refractivity contribution < 1.29 is 9.90 Å². The fraction of sp³-hybridized carbons (Fsp3) is 0.364. The van der Waals surface area contributed by atoms with Gasteiger partial charge in [0.2, 0.25) is 0 Å². The third kappa shape index (κ3) is 2.25. The fourth-order valence-corrected chi connectivity index (χ4v) is 1.42. The van der Waals surface area contributed by atoms with Gasteiger partial charge in [-0.2, -0.15) is 0 Å². The van der Waals surface area contributed by atoms with Gasteiger partial charge in [-0.3, -0.25) is 0 Å². The van der Waals surface area contributed by atoms with Crippen molar-refractivity contribution in [2.24, 2.45) is 5.92 Å². The maximum Gasteiger partial charge on any atom is 0.337 e. The Labute approximate surface area is 83.6 Å². The highest BCUT2D eigenvalue weighted by Crippen LogP contribution is 2.20. The number of rotatable bonds is 3. The molecule has 14 heavy (non-hydrogen) atoms. The molecule has 3 nitrogen and oxygen atoms in total. The largest absolute Gasteiger partial charge is 0.478 e. The normalized spacial score (nSPS) is 10.5. The number of benzene rings is 1. The van der Waals surface area contributed by atoms with E-state index in [1.54, 1.807) is 6.07 Å². The Balaban J connectivity index is 3.07. The van der Waals surface area contributed by atoms with Crippen LogP contribution < -0.4 is 5.73 Å². The van der Waals surface area contributed by atoms with Gasteiger partial charge in [-0.15, -0.1) is 0 Å². The van der Waals surface area contributed by atoms with Crippen LogP contribution in [0.1, 0.15) is 29.8 Å².